The quantitative estimate of drug-likeness (QED) is 0.672. The highest BCUT2D eigenvalue weighted by Crippen LogP contribution is 2.19. The van der Waals surface area contributed by atoms with E-state index in [1.807, 2.05) is 0 Å². The summed E-state index contributed by atoms with van der Waals surface area (Å²) in [6.45, 7) is 5.77. The van der Waals surface area contributed by atoms with E-state index in [2.05, 4.69) is 30.1 Å². The molecule has 2 rings (SSSR count). The van der Waals surface area contributed by atoms with Crippen LogP contribution in [0.3, 0.4) is 0 Å². The van der Waals surface area contributed by atoms with Gasteiger partial charge in [-0.1, -0.05) is 23.8 Å². The number of hydrogen-bond donors (Lipinski definition) is 1. The minimum Gasteiger partial charge on any atom is -0.324 e. The molecule has 0 fully saturated rings. The summed E-state index contributed by atoms with van der Waals surface area (Å²) in [6.07, 6.45) is 9.16. The molecule has 2 N–H and O–H groups in total. The summed E-state index contributed by atoms with van der Waals surface area (Å²) in [5.41, 5.74) is 7.38. The van der Waals surface area contributed by atoms with Crippen molar-refractivity contribution in [3.63, 3.8) is 0 Å². The lowest BCUT2D eigenvalue weighted by Crippen LogP contribution is -2.33. The standard InChI is InChI=1S/C12H20N2/c1-10-4-6-14(7-5-10)9-11-2-3-12(13)8-11/h2-4,11-12H,5-9,13H2,1H3. The summed E-state index contributed by atoms with van der Waals surface area (Å²) in [5.74, 6) is 0.691. The molecule has 1 aliphatic heterocycles. The molecule has 0 aromatic rings. The lowest BCUT2D eigenvalue weighted by atomic mass is 10.0. The third-order valence-electron chi connectivity index (χ3n) is 3.22. The van der Waals surface area contributed by atoms with Crippen LogP contribution in [0, 0.1) is 5.92 Å². The van der Waals surface area contributed by atoms with Gasteiger partial charge in [-0.05, 0) is 25.7 Å². The van der Waals surface area contributed by atoms with E-state index in [0.29, 0.717) is 12.0 Å². The van der Waals surface area contributed by atoms with Gasteiger partial charge in [0.05, 0.1) is 0 Å². The van der Waals surface area contributed by atoms with Gasteiger partial charge in [0, 0.05) is 25.7 Å². The van der Waals surface area contributed by atoms with E-state index in [4.69, 9.17) is 5.73 Å². The Bertz CT molecular complexity index is 255. The third kappa shape index (κ3) is 2.46. The van der Waals surface area contributed by atoms with Gasteiger partial charge in [0.2, 0.25) is 0 Å². The van der Waals surface area contributed by atoms with E-state index in [1.165, 1.54) is 19.5 Å². The van der Waals surface area contributed by atoms with Crippen molar-refractivity contribution in [2.24, 2.45) is 11.7 Å². The number of nitrogens with zero attached hydrogens (tertiary/aromatic N) is 1. The van der Waals surface area contributed by atoms with Crippen molar-refractivity contribution in [1.82, 2.24) is 4.90 Å². The largest absolute Gasteiger partial charge is 0.324 e. The maximum absolute atomic E-state index is 5.84. The molecule has 78 valence electrons. The van der Waals surface area contributed by atoms with Crippen molar-refractivity contribution in [3.05, 3.63) is 23.8 Å². The summed E-state index contributed by atoms with van der Waals surface area (Å²) in [5, 5.41) is 0. The molecule has 0 bridgehead atoms. The van der Waals surface area contributed by atoms with Crippen LogP contribution < -0.4 is 5.73 Å². The molecule has 1 aliphatic carbocycles. The Morgan fingerprint density at radius 3 is 2.93 bits per heavy atom. The molecule has 2 unspecified atom stereocenters. The van der Waals surface area contributed by atoms with Gasteiger partial charge in [0.15, 0.2) is 0 Å². The van der Waals surface area contributed by atoms with Crippen LogP contribution in [0.15, 0.2) is 23.8 Å². The fourth-order valence-electron chi connectivity index (χ4n) is 2.25. The zero-order valence-electron chi connectivity index (χ0n) is 8.95. The van der Waals surface area contributed by atoms with Crippen LogP contribution in [0.4, 0.5) is 0 Å². The van der Waals surface area contributed by atoms with Gasteiger partial charge in [0.25, 0.3) is 0 Å². The van der Waals surface area contributed by atoms with Gasteiger partial charge >= 0.3 is 0 Å². The van der Waals surface area contributed by atoms with Crippen molar-refractivity contribution in [2.75, 3.05) is 19.6 Å². The van der Waals surface area contributed by atoms with E-state index in [9.17, 15) is 0 Å². The fourth-order valence-corrected chi connectivity index (χ4v) is 2.25. The molecule has 0 spiro atoms. The minimum absolute atomic E-state index is 0.307. The highest BCUT2D eigenvalue weighted by atomic mass is 15.1. The zero-order chi connectivity index (χ0) is 9.97. The molecule has 0 aromatic heterocycles. The van der Waals surface area contributed by atoms with Crippen LogP contribution in [0.5, 0.6) is 0 Å². The molecule has 1 heterocycles. The lowest BCUT2D eigenvalue weighted by Gasteiger charge is -2.27. The Morgan fingerprint density at radius 2 is 2.36 bits per heavy atom. The van der Waals surface area contributed by atoms with E-state index in [1.54, 1.807) is 5.57 Å². The first kappa shape index (κ1) is 9.94. The Hall–Kier alpha value is -0.600. The highest BCUT2D eigenvalue weighted by molar-refractivity contribution is 5.07. The van der Waals surface area contributed by atoms with Crippen LogP contribution in [-0.2, 0) is 0 Å². The molecular formula is C12H20N2. The Labute approximate surface area is 86.5 Å². The number of rotatable bonds is 2. The molecule has 0 saturated carbocycles. The van der Waals surface area contributed by atoms with Crippen molar-refractivity contribution >= 4 is 0 Å². The normalized spacial score (nSPS) is 33.4. The monoisotopic (exact) mass is 192 g/mol. The molecule has 2 atom stereocenters. The van der Waals surface area contributed by atoms with Gasteiger partial charge in [-0.15, -0.1) is 0 Å². The first-order valence-corrected chi connectivity index (χ1v) is 5.56. The Morgan fingerprint density at radius 1 is 1.50 bits per heavy atom. The van der Waals surface area contributed by atoms with Gasteiger partial charge in [-0.25, -0.2) is 0 Å². The van der Waals surface area contributed by atoms with Crippen LogP contribution in [0.2, 0.25) is 0 Å². The topological polar surface area (TPSA) is 29.3 Å². The Balaban J connectivity index is 1.79. The second-order valence-corrected chi connectivity index (χ2v) is 4.60. The van der Waals surface area contributed by atoms with E-state index < -0.39 is 0 Å². The maximum Gasteiger partial charge on any atom is 0.0229 e. The molecular weight excluding hydrogens is 172 g/mol. The Kier molecular flexibility index (Phi) is 3.04. The zero-order valence-corrected chi connectivity index (χ0v) is 8.95. The van der Waals surface area contributed by atoms with Crippen molar-refractivity contribution in [1.29, 1.82) is 0 Å². The van der Waals surface area contributed by atoms with E-state index in [-0.39, 0.29) is 0 Å². The highest BCUT2D eigenvalue weighted by Gasteiger charge is 2.19. The average molecular weight is 192 g/mol. The number of nitrogens with two attached hydrogens (primary N) is 1. The first-order valence-electron chi connectivity index (χ1n) is 5.56. The van der Waals surface area contributed by atoms with E-state index >= 15 is 0 Å². The second kappa shape index (κ2) is 4.28. The molecule has 2 aliphatic rings. The first-order chi connectivity index (χ1) is 6.74. The van der Waals surface area contributed by atoms with Crippen LogP contribution in [0.25, 0.3) is 0 Å². The van der Waals surface area contributed by atoms with Crippen LogP contribution in [0.1, 0.15) is 19.8 Å². The molecule has 0 saturated heterocycles. The number of hydrogen-bond acceptors (Lipinski definition) is 2. The average Bonchev–Trinajstić information content (AvgIpc) is 2.56. The van der Waals surface area contributed by atoms with Gasteiger partial charge in [0.1, 0.15) is 0 Å². The SMILES string of the molecule is CC1=CCN(CC2C=CC(N)C2)CC1. The molecule has 14 heavy (non-hydrogen) atoms. The summed E-state index contributed by atoms with van der Waals surface area (Å²) in [7, 11) is 0. The summed E-state index contributed by atoms with van der Waals surface area (Å²) < 4.78 is 0. The predicted molar refractivity (Wildman–Crippen MR) is 60.0 cm³/mol. The molecule has 0 radical (unpaired) electrons. The summed E-state index contributed by atoms with van der Waals surface area (Å²) >= 11 is 0. The lowest BCUT2D eigenvalue weighted by molar-refractivity contribution is 0.262. The van der Waals surface area contributed by atoms with Crippen molar-refractivity contribution in [3.8, 4) is 0 Å². The minimum atomic E-state index is 0.307. The molecule has 2 heteroatoms. The third-order valence-corrected chi connectivity index (χ3v) is 3.22. The molecule has 2 nitrogen and oxygen atoms in total. The van der Waals surface area contributed by atoms with Crippen molar-refractivity contribution < 1.29 is 0 Å². The summed E-state index contributed by atoms with van der Waals surface area (Å²) in [6, 6.07) is 0.307. The van der Waals surface area contributed by atoms with Crippen LogP contribution in [-0.4, -0.2) is 30.6 Å². The van der Waals surface area contributed by atoms with Gasteiger partial charge in [-0.2, -0.15) is 0 Å². The van der Waals surface area contributed by atoms with Crippen molar-refractivity contribution in [2.45, 2.75) is 25.8 Å². The molecule has 0 aromatic carbocycles. The predicted octanol–water partition coefficient (Wildman–Crippen LogP) is 1.54. The molecule has 0 amide bonds. The smallest absolute Gasteiger partial charge is 0.0229 e. The van der Waals surface area contributed by atoms with Gasteiger partial charge < -0.3 is 5.73 Å². The van der Waals surface area contributed by atoms with E-state index in [0.717, 1.165) is 13.0 Å². The van der Waals surface area contributed by atoms with Crippen LogP contribution >= 0.6 is 0 Å². The summed E-state index contributed by atoms with van der Waals surface area (Å²) in [4.78, 5) is 2.53. The second-order valence-electron chi connectivity index (χ2n) is 4.60. The fraction of sp³-hybridized carbons (Fsp3) is 0.667. The van der Waals surface area contributed by atoms with Gasteiger partial charge in [-0.3, -0.25) is 4.90 Å². The maximum atomic E-state index is 5.84.